The van der Waals surface area contributed by atoms with Gasteiger partial charge in [-0.25, -0.2) is 4.39 Å². The second-order valence-electron chi connectivity index (χ2n) is 3.81. The Morgan fingerprint density at radius 3 is 2.81 bits per heavy atom. The van der Waals surface area contributed by atoms with Crippen LogP contribution in [0.4, 0.5) is 10.1 Å². The lowest BCUT2D eigenvalue weighted by molar-refractivity contribution is -0.117. The first kappa shape index (κ1) is 13.0. The third-order valence-corrected chi connectivity index (χ3v) is 2.58. The van der Waals surface area contributed by atoms with Gasteiger partial charge in [0.05, 0.1) is 10.7 Å². The van der Waals surface area contributed by atoms with Crippen molar-refractivity contribution in [3.8, 4) is 0 Å². The summed E-state index contributed by atoms with van der Waals surface area (Å²) in [6.07, 6.45) is 1.25. The fraction of sp³-hybridized carbons (Fsp3) is 0.417. The van der Waals surface area contributed by atoms with E-state index in [4.69, 9.17) is 11.6 Å². The van der Waals surface area contributed by atoms with Crippen LogP contribution < -0.4 is 5.32 Å². The number of carbonyl (C=O) groups excluding carboxylic acids is 1. The molecule has 0 amide bonds. The molecule has 0 unspecified atom stereocenters. The molecule has 0 saturated carbocycles. The Balaban J connectivity index is 2.54. The number of rotatable bonds is 5. The largest absolute Gasteiger partial charge is 0.384 e. The molecule has 0 aliphatic heterocycles. The topological polar surface area (TPSA) is 29.1 Å². The zero-order valence-electron chi connectivity index (χ0n) is 9.44. The van der Waals surface area contributed by atoms with Crippen LogP contribution in [0.15, 0.2) is 12.1 Å². The molecule has 1 aromatic carbocycles. The fourth-order valence-corrected chi connectivity index (χ4v) is 1.63. The van der Waals surface area contributed by atoms with Crippen molar-refractivity contribution < 1.29 is 9.18 Å². The summed E-state index contributed by atoms with van der Waals surface area (Å²) in [5.74, 6) is -0.124. The average molecular weight is 244 g/mol. The van der Waals surface area contributed by atoms with Crippen molar-refractivity contribution in [2.24, 2.45) is 0 Å². The molecule has 0 aliphatic rings. The monoisotopic (exact) mass is 243 g/mol. The average Bonchev–Trinajstić information content (AvgIpc) is 2.19. The van der Waals surface area contributed by atoms with Crippen molar-refractivity contribution in [3.05, 3.63) is 28.5 Å². The maximum absolute atomic E-state index is 13.2. The smallest absolute Gasteiger partial charge is 0.129 e. The van der Waals surface area contributed by atoms with Gasteiger partial charge in [-0.2, -0.15) is 0 Å². The molecular formula is C12H15ClFNO. The van der Waals surface area contributed by atoms with Crippen LogP contribution in [0.5, 0.6) is 0 Å². The Labute approximate surface area is 99.8 Å². The Morgan fingerprint density at radius 2 is 2.19 bits per heavy atom. The van der Waals surface area contributed by atoms with E-state index in [0.717, 1.165) is 6.42 Å². The van der Waals surface area contributed by atoms with Crippen molar-refractivity contribution >= 4 is 23.1 Å². The first-order chi connectivity index (χ1) is 7.50. The number of anilines is 1. The third-order valence-electron chi connectivity index (χ3n) is 2.27. The quantitative estimate of drug-likeness (QED) is 0.801. The normalized spacial score (nSPS) is 10.2. The van der Waals surface area contributed by atoms with E-state index in [0.29, 0.717) is 29.2 Å². The molecule has 0 aliphatic carbocycles. The van der Waals surface area contributed by atoms with Crippen LogP contribution in [0.1, 0.15) is 25.3 Å². The first-order valence-corrected chi connectivity index (χ1v) is 5.57. The Bertz CT molecular complexity index is 393. The van der Waals surface area contributed by atoms with Crippen molar-refractivity contribution in [2.75, 3.05) is 11.9 Å². The van der Waals surface area contributed by atoms with Gasteiger partial charge in [0.15, 0.2) is 0 Å². The summed E-state index contributed by atoms with van der Waals surface area (Å²) in [6, 6.07) is 2.97. The number of carbonyl (C=O) groups is 1. The molecule has 1 N–H and O–H groups in total. The summed E-state index contributed by atoms with van der Waals surface area (Å²) in [7, 11) is 0. The van der Waals surface area contributed by atoms with Crippen LogP contribution in [-0.4, -0.2) is 12.3 Å². The highest BCUT2D eigenvalue weighted by Crippen LogP contribution is 2.25. The molecule has 88 valence electrons. The molecule has 0 saturated heterocycles. The highest BCUT2D eigenvalue weighted by atomic mass is 35.5. The maximum atomic E-state index is 13.2. The van der Waals surface area contributed by atoms with E-state index in [1.165, 1.54) is 6.07 Å². The van der Waals surface area contributed by atoms with Gasteiger partial charge in [0, 0.05) is 13.0 Å². The molecule has 4 heteroatoms. The molecular weight excluding hydrogens is 229 g/mol. The first-order valence-electron chi connectivity index (χ1n) is 5.19. The van der Waals surface area contributed by atoms with Gasteiger partial charge in [-0.15, -0.1) is 0 Å². The van der Waals surface area contributed by atoms with Gasteiger partial charge in [-0.3, -0.25) is 0 Å². The Kier molecular flexibility index (Phi) is 4.74. The highest BCUT2D eigenvalue weighted by molar-refractivity contribution is 6.33. The molecule has 0 bridgehead atoms. The number of hydrogen-bond acceptors (Lipinski definition) is 2. The predicted molar refractivity (Wildman–Crippen MR) is 64.6 cm³/mol. The molecule has 0 radical (unpaired) electrons. The van der Waals surface area contributed by atoms with Gasteiger partial charge in [-0.05, 0) is 38.0 Å². The lowest BCUT2D eigenvalue weighted by Gasteiger charge is -2.09. The summed E-state index contributed by atoms with van der Waals surface area (Å²) >= 11 is 5.95. The van der Waals surface area contributed by atoms with Crippen LogP contribution in [0, 0.1) is 12.7 Å². The number of halogens is 2. The van der Waals surface area contributed by atoms with Crippen LogP contribution in [0.25, 0.3) is 0 Å². The van der Waals surface area contributed by atoms with E-state index in [9.17, 15) is 9.18 Å². The van der Waals surface area contributed by atoms with Crippen LogP contribution in [0.2, 0.25) is 5.02 Å². The molecule has 0 spiro atoms. The second-order valence-corrected chi connectivity index (χ2v) is 4.22. The van der Waals surface area contributed by atoms with E-state index in [1.807, 2.05) is 0 Å². The minimum Gasteiger partial charge on any atom is -0.384 e. The lowest BCUT2D eigenvalue weighted by atomic mass is 10.2. The van der Waals surface area contributed by atoms with Gasteiger partial charge < -0.3 is 10.1 Å². The Hall–Kier alpha value is -1.09. The van der Waals surface area contributed by atoms with Gasteiger partial charge in [0.1, 0.15) is 11.6 Å². The van der Waals surface area contributed by atoms with Crippen molar-refractivity contribution in [1.29, 1.82) is 0 Å². The number of aryl methyl sites for hydroxylation is 1. The summed E-state index contributed by atoms with van der Waals surface area (Å²) in [5.41, 5.74) is 1.10. The molecule has 0 heterocycles. The predicted octanol–water partition coefficient (Wildman–Crippen LogP) is 3.57. The summed E-state index contributed by atoms with van der Waals surface area (Å²) < 4.78 is 13.2. The second kappa shape index (κ2) is 5.85. The number of ketones is 1. The van der Waals surface area contributed by atoms with Gasteiger partial charge in [0.2, 0.25) is 0 Å². The number of nitrogens with one attached hydrogen (secondary N) is 1. The minimum absolute atomic E-state index is 0.156. The molecule has 0 atom stereocenters. The minimum atomic E-state index is -0.279. The van der Waals surface area contributed by atoms with E-state index in [1.54, 1.807) is 19.9 Å². The molecule has 0 fully saturated rings. The number of benzene rings is 1. The standard InChI is InChI=1S/C12H15ClFNO/c1-8-6-10(13)12(7-11(8)14)15-5-3-4-9(2)16/h6-7,15H,3-5H2,1-2H3. The van der Waals surface area contributed by atoms with Gasteiger partial charge >= 0.3 is 0 Å². The third kappa shape index (κ3) is 3.81. The molecule has 0 aromatic heterocycles. The van der Waals surface area contributed by atoms with Crippen molar-refractivity contribution in [2.45, 2.75) is 26.7 Å². The van der Waals surface area contributed by atoms with E-state index in [-0.39, 0.29) is 11.6 Å². The fourth-order valence-electron chi connectivity index (χ4n) is 1.34. The van der Waals surface area contributed by atoms with Crippen LogP contribution in [0.3, 0.4) is 0 Å². The van der Waals surface area contributed by atoms with Gasteiger partial charge in [0.25, 0.3) is 0 Å². The van der Waals surface area contributed by atoms with E-state index < -0.39 is 0 Å². The van der Waals surface area contributed by atoms with E-state index in [2.05, 4.69) is 5.32 Å². The Morgan fingerprint density at radius 1 is 1.50 bits per heavy atom. The molecule has 1 rings (SSSR count). The molecule has 16 heavy (non-hydrogen) atoms. The summed E-state index contributed by atoms with van der Waals surface area (Å²) in [5, 5.41) is 3.51. The van der Waals surface area contributed by atoms with Crippen LogP contribution >= 0.6 is 11.6 Å². The zero-order chi connectivity index (χ0) is 12.1. The van der Waals surface area contributed by atoms with Gasteiger partial charge in [-0.1, -0.05) is 11.6 Å². The summed E-state index contributed by atoms with van der Waals surface area (Å²) in [4.78, 5) is 10.7. The molecule has 1 aromatic rings. The summed E-state index contributed by atoms with van der Waals surface area (Å²) in [6.45, 7) is 3.83. The number of hydrogen-bond donors (Lipinski definition) is 1. The van der Waals surface area contributed by atoms with Crippen molar-refractivity contribution in [3.63, 3.8) is 0 Å². The number of Topliss-reactive ketones (excluding diaryl/α,β-unsaturated/α-hetero) is 1. The highest BCUT2D eigenvalue weighted by Gasteiger charge is 2.05. The SMILES string of the molecule is CC(=O)CCCNc1cc(F)c(C)cc1Cl. The lowest BCUT2D eigenvalue weighted by Crippen LogP contribution is -2.04. The molecule has 2 nitrogen and oxygen atoms in total. The maximum Gasteiger partial charge on any atom is 0.129 e. The zero-order valence-corrected chi connectivity index (χ0v) is 10.2. The van der Waals surface area contributed by atoms with Crippen LogP contribution in [-0.2, 0) is 4.79 Å². The van der Waals surface area contributed by atoms with Crippen molar-refractivity contribution in [1.82, 2.24) is 0 Å². The van der Waals surface area contributed by atoms with E-state index >= 15 is 0 Å².